The van der Waals surface area contributed by atoms with E-state index in [0.717, 1.165) is 44.4 Å². The van der Waals surface area contributed by atoms with Crippen LogP contribution in [0.25, 0.3) is 0 Å². The molecule has 3 nitrogen and oxygen atoms in total. The number of alkyl halides is 1. The number of halogens is 1. The Balaban J connectivity index is 2.24. The molecule has 17 heavy (non-hydrogen) atoms. The predicted molar refractivity (Wildman–Crippen MR) is 73.4 cm³/mol. The zero-order valence-electron chi connectivity index (χ0n) is 10.7. The van der Waals surface area contributed by atoms with E-state index < -0.39 is 0 Å². The van der Waals surface area contributed by atoms with Gasteiger partial charge in [0.15, 0.2) is 0 Å². The van der Waals surface area contributed by atoms with Crippen molar-refractivity contribution in [2.45, 2.75) is 39.0 Å². The van der Waals surface area contributed by atoms with Crippen LogP contribution in [-0.2, 0) is 9.53 Å². The molecular weight excluding hydrogens is 282 g/mol. The Morgan fingerprint density at radius 3 is 2.71 bits per heavy atom. The van der Waals surface area contributed by atoms with Crippen LogP contribution in [-0.4, -0.2) is 31.0 Å². The first-order valence-electron chi connectivity index (χ1n) is 6.69. The van der Waals surface area contributed by atoms with E-state index in [-0.39, 0.29) is 11.8 Å². The Bertz CT molecular complexity index is 211. The van der Waals surface area contributed by atoms with Crippen LogP contribution >= 0.6 is 15.9 Å². The molecule has 1 amide bonds. The molecule has 1 aliphatic rings. The molecule has 0 bridgehead atoms. The van der Waals surface area contributed by atoms with Crippen LogP contribution in [0.1, 0.15) is 39.0 Å². The summed E-state index contributed by atoms with van der Waals surface area (Å²) >= 11 is 3.47. The molecule has 0 aromatic heterocycles. The van der Waals surface area contributed by atoms with Crippen molar-refractivity contribution in [3.05, 3.63) is 0 Å². The third-order valence-electron chi connectivity index (χ3n) is 3.37. The van der Waals surface area contributed by atoms with E-state index in [0.29, 0.717) is 5.92 Å². The van der Waals surface area contributed by atoms with Crippen molar-refractivity contribution in [2.24, 2.45) is 11.8 Å². The zero-order valence-corrected chi connectivity index (χ0v) is 12.3. The first-order valence-corrected chi connectivity index (χ1v) is 7.81. The van der Waals surface area contributed by atoms with Crippen molar-refractivity contribution < 1.29 is 9.53 Å². The lowest BCUT2D eigenvalue weighted by molar-refractivity contribution is -0.128. The molecule has 0 radical (unpaired) electrons. The molecule has 1 unspecified atom stereocenters. The summed E-state index contributed by atoms with van der Waals surface area (Å²) in [6.07, 6.45) is 5.28. The van der Waals surface area contributed by atoms with Gasteiger partial charge in [-0.2, -0.15) is 0 Å². The number of rotatable bonds is 7. The molecule has 1 aliphatic heterocycles. The zero-order chi connectivity index (χ0) is 12.5. The van der Waals surface area contributed by atoms with Gasteiger partial charge in [0.25, 0.3) is 0 Å². The first-order chi connectivity index (χ1) is 8.27. The van der Waals surface area contributed by atoms with Gasteiger partial charge >= 0.3 is 0 Å². The minimum absolute atomic E-state index is 0.176. The monoisotopic (exact) mass is 305 g/mol. The van der Waals surface area contributed by atoms with Crippen LogP contribution in [0.5, 0.6) is 0 Å². The van der Waals surface area contributed by atoms with Crippen molar-refractivity contribution >= 4 is 21.8 Å². The van der Waals surface area contributed by atoms with Crippen LogP contribution in [0.4, 0.5) is 0 Å². The van der Waals surface area contributed by atoms with Gasteiger partial charge in [-0.25, -0.2) is 0 Å². The highest BCUT2D eigenvalue weighted by molar-refractivity contribution is 9.09. The van der Waals surface area contributed by atoms with Crippen LogP contribution in [0.15, 0.2) is 0 Å². The summed E-state index contributed by atoms with van der Waals surface area (Å²) < 4.78 is 5.27. The van der Waals surface area contributed by atoms with Gasteiger partial charge in [0.2, 0.25) is 5.91 Å². The summed E-state index contributed by atoms with van der Waals surface area (Å²) in [5.74, 6) is 1.02. The Morgan fingerprint density at radius 2 is 2.12 bits per heavy atom. The van der Waals surface area contributed by atoms with Gasteiger partial charge in [-0.1, -0.05) is 29.3 Å². The van der Waals surface area contributed by atoms with E-state index in [1.165, 1.54) is 12.8 Å². The molecule has 1 N–H and O–H groups in total. The lowest BCUT2D eigenvalue weighted by Crippen LogP contribution is -2.37. The van der Waals surface area contributed by atoms with Crippen molar-refractivity contribution in [1.29, 1.82) is 0 Å². The molecule has 0 aliphatic carbocycles. The first kappa shape index (κ1) is 15.0. The fraction of sp³-hybridized carbons (Fsp3) is 0.923. The van der Waals surface area contributed by atoms with Gasteiger partial charge in [-0.05, 0) is 31.6 Å². The van der Waals surface area contributed by atoms with E-state index in [2.05, 4.69) is 28.2 Å². The fourth-order valence-corrected chi connectivity index (χ4v) is 2.91. The van der Waals surface area contributed by atoms with E-state index in [4.69, 9.17) is 4.74 Å². The van der Waals surface area contributed by atoms with Gasteiger partial charge in [-0.15, -0.1) is 0 Å². The SMILES string of the molecule is CCCC(CCBr)CNC(=O)C1CCOCC1. The van der Waals surface area contributed by atoms with E-state index in [1.807, 2.05) is 0 Å². The maximum atomic E-state index is 11.9. The fourth-order valence-electron chi connectivity index (χ4n) is 2.26. The number of nitrogens with one attached hydrogen (secondary N) is 1. The Hall–Kier alpha value is -0.0900. The normalized spacial score (nSPS) is 18.9. The highest BCUT2D eigenvalue weighted by Crippen LogP contribution is 2.16. The number of carbonyl (C=O) groups is 1. The van der Waals surface area contributed by atoms with Crippen LogP contribution in [0.3, 0.4) is 0 Å². The van der Waals surface area contributed by atoms with Crippen LogP contribution < -0.4 is 5.32 Å². The van der Waals surface area contributed by atoms with Gasteiger partial charge in [-0.3, -0.25) is 4.79 Å². The quantitative estimate of drug-likeness (QED) is 0.735. The highest BCUT2D eigenvalue weighted by atomic mass is 79.9. The molecule has 0 aromatic carbocycles. The van der Waals surface area contributed by atoms with Gasteiger partial charge in [0.1, 0.15) is 0 Å². The van der Waals surface area contributed by atoms with Gasteiger partial charge < -0.3 is 10.1 Å². The van der Waals surface area contributed by atoms with Crippen molar-refractivity contribution in [3.8, 4) is 0 Å². The molecular formula is C13H24BrNO2. The lowest BCUT2D eigenvalue weighted by Gasteiger charge is -2.23. The molecule has 0 aromatic rings. The standard InChI is InChI=1S/C13H24BrNO2/c1-2-3-11(4-7-14)10-15-13(16)12-5-8-17-9-6-12/h11-12H,2-10H2,1H3,(H,15,16). The topological polar surface area (TPSA) is 38.3 Å². The molecule has 4 heteroatoms. The molecule has 1 rings (SSSR count). The summed E-state index contributed by atoms with van der Waals surface area (Å²) in [6.45, 7) is 4.49. The largest absolute Gasteiger partial charge is 0.381 e. The summed E-state index contributed by atoms with van der Waals surface area (Å²) in [6, 6.07) is 0. The maximum absolute atomic E-state index is 11.9. The minimum Gasteiger partial charge on any atom is -0.381 e. The number of hydrogen-bond acceptors (Lipinski definition) is 2. The molecule has 1 fully saturated rings. The van der Waals surface area contributed by atoms with Crippen molar-refractivity contribution in [2.75, 3.05) is 25.1 Å². The Morgan fingerprint density at radius 1 is 1.41 bits per heavy atom. The lowest BCUT2D eigenvalue weighted by atomic mass is 9.97. The number of hydrogen-bond donors (Lipinski definition) is 1. The van der Waals surface area contributed by atoms with Crippen molar-refractivity contribution in [1.82, 2.24) is 5.32 Å². The second kappa shape index (κ2) is 8.92. The van der Waals surface area contributed by atoms with E-state index >= 15 is 0 Å². The maximum Gasteiger partial charge on any atom is 0.223 e. The van der Waals surface area contributed by atoms with E-state index in [9.17, 15) is 4.79 Å². The highest BCUT2D eigenvalue weighted by Gasteiger charge is 2.21. The number of carbonyl (C=O) groups excluding carboxylic acids is 1. The summed E-state index contributed by atoms with van der Waals surface area (Å²) in [7, 11) is 0. The van der Waals surface area contributed by atoms with Crippen molar-refractivity contribution in [3.63, 3.8) is 0 Å². The molecule has 0 saturated carbocycles. The number of ether oxygens (including phenoxy) is 1. The third kappa shape index (κ3) is 5.87. The second-order valence-electron chi connectivity index (χ2n) is 4.76. The molecule has 0 spiro atoms. The third-order valence-corrected chi connectivity index (χ3v) is 3.83. The predicted octanol–water partition coefficient (Wildman–Crippen LogP) is 2.73. The Labute approximate surface area is 113 Å². The number of amides is 1. The van der Waals surface area contributed by atoms with Crippen LogP contribution in [0.2, 0.25) is 0 Å². The molecule has 1 atom stereocenters. The summed E-state index contributed by atoms with van der Waals surface area (Å²) in [5, 5.41) is 4.13. The molecule has 100 valence electrons. The average Bonchev–Trinajstić information content (AvgIpc) is 2.37. The molecule has 1 saturated heterocycles. The summed E-state index contributed by atoms with van der Waals surface area (Å²) in [5.41, 5.74) is 0. The Kier molecular flexibility index (Phi) is 7.86. The van der Waals surface area contributed by atoms with Gasteiger partial charge in [0.05, 0.1) is 0 Å². The molecule has 1 heterocycles. The van der Waals surface area contributed by atoms with Crippen LogP contribution in [0, 0.1) is 11.8 Å². The minimum atomic E-state index is 0.176. The average molecular weight is 306 g/mol. The van der Waals surface area contributed by atoms with E-state index in [1.54, 1.807) is 0 Å². The van der Waals surface area contributed by atoms with Gasteiger partial charge in [0, 0.05) is 31.0 Å². The summed E-state index contributed by atoms with van der Waals surface area (Å²) in [4.78, 5) is 11.9. The smallest absolute Gasteiger partial charge is 0.223 e. The second-order valence-corrected chi connectivity index (χ2v) is 5.56.